The van der Waals surface area contributed by atoms with Crippen molar-refractivity contribution in [3.8, 4) is 0 Å². The van der Waals surface area contributed by atoms with Gasteiger partial charge >= 0.3 is 5.97 Å². The molecule has 0 radical (unpaired) electrons. The molecule has 0 fully saturated rings. The third-order valence-electron chi connectivity index (χ3n) is 7.03. The van der Waals surface area contributed by atoms with Crippen molar-refractivity contribution in [1.29, 1.82) is 0 Å². The molecule has 0 saturated heterocycles. The van der Waals surface area contributed by atoms with Crippen molar-refractivity contribution in [3.05, 3.63) is 143 Å². The lowest BCUT2D eigenvalue weighted by Crippen LogP contribution is -2.46. The van der Waals surface area contributed by atoms with Crippen LogP contribution in [0.5, 0.6) is 0 Å². The first-order chi connectivity index (χ1) is 19.0. The van der Waals surface area contributed by atoms with E-state index in [1.807, 2.05) is 42.5 Å². The number of hydrogen-bond acceptors (Lipinski definition) is 5. The summed E-state index contributed by atoms with van der Waals surface area (Å²) in [6, 6.07) is 39.3. The molecule has 0 aromatic heterocycles. The van der Waals surface area contributed by atoms with Crippen LogP contribution < -0.4 is 5.32 Å². The van der Waals surface area contributed by atoms with Crippen molar-refractivity contribution in [2.45, 2.75) is 31.4 Å². The van der Waals surface area contributed by atoms with Gasteiger partial charge in [-0.05, 0) is 27.8 Å². The van der Waals surface area contributed by atoms with Gasteiger partial charge in [-0.2, -0.15) is 0 Å². The van der Waals surface area contributed by atoms with Crippen LogP contribution in [0.15, 0.2) is 115 Å². The molecule has 0 saturated carbocycles. The summed E-state index contributed by atoms with van der Waals surface area (Å²) in [5, 5.41) is 3.82. The summed E-state index contributed by atoms with van der Waals surface area (Å²) < 4.78 is 10.7. The second-order valence-corrected chi connectivity index (χ2v) is 9.51. The first-order valence-electron chi connectivity index (χ1n) is 13.2. The highest BCUT2D eigenvalue weighted by molar-refractivity contribution is 5.98. The van der Waals surface area contributed by atoms with Crippen LogP contribution in [0.3, 0.4) is 0 Å². The standard InChI is InChI=1S/C34H35NO4/c1-26(32(36)24-33(37)38-2)28-20-18-27(19-21-28)25-39-23-22-35-34(29-12-6-3-7-13-29,30-14-8-4-9-15-30)31-16-10-5-11-17-31/h3-21,26,35H,22-25H2,1-2H3. The maximum Gasteiger partial charge on any atom is 0.313 e. The van der Waals surface area contributed by atoms with Crippen LogP contribution in [-0.2, 0) is 31.2 Å². The maximum atomic E-state index is 12.3. The topological polar surface area (TPSA) is 64.6 Å². The van der Waals surface area contributed by atoms with Gasteiger partial charge in [0, 0.05) is 12.5 Å². The minimum atomic E-state index is -0.526. The Kier molecular flexibility index (Phi) is 9.79. The number of Topliss-reactive ketones (excluding diaryl/α,β-unsaturated/α-hetero) is 1. The predicted molar refractivity (Wildman–Crippen MR) is 153 cm³/mol. The fraction of sp³-hybridized carbons (Fsp3) is 0.235. The summed E-state index contributed by atoms with van der Waals surface area (Å²) in [5.74, 6) is -1.04. The molecular weight excluding hydrogens is 486 g/mol. The van der Waals surface area contributed by atoms with E-state index >= 15 is 0 Å². The molecule has 0 aliphatic carbocycles. The van der Waals surface area contributed by atoms with E-state index in [4.69, 9.17) is 4.74 Å². The lowest BCUT2D eigenvalue weighted by Gasteiger charge is -2.37. The van der Waals surface area contributed by atoms with Crippen molar-refractivity contribution in [1.82, 2.24) is 5.32 Å². The van der Waals surface area contributed by atoms with Crippen molar-refractivity contribution in [2.24, 2.45) is 0 Å². The van der Waals surface area contributed by atoms with Gasteiger partial charge in [0.05, 0.1) is 25.9 Å². The molecule has 1 atom stereocenters. The average Bonchev–Trinajstić information content (AvgIpc) is 3.00. The molecule has 5 nitrogen and oxygen atoms in total. The summed E-state index contributed by atoms with van der Waals surface area (Å²) in [6.07, 6.45) is -0.216. The molecule has 1 unspecified atom stereocenters. The van der Waals surface area contributed by atoms with Gasteiger partial charge in [0.25, 0.3) is 0 Å². The van der Waals surface area contributed by atoms with Crippen LogP contribution in [0.25, 0.3) is 0 Å². The number of hydrogen-bond donors (Lipinski definition) is 1. The lowest BCUT2D eigenvalue weighted by molar-refractivity contribution is -0.143. The quantitative estimate of drug-likeness (QED) is 0.101. The van der Waals surface area contributed by atoms with Gasteiger partial charge < -0.3 is 9.47 Å². The summed E-state index contributed by atoms with van der Waals surface area (Å²) in [7, 11) is 1.29. The molecule has 0 amide bonds. The number of carbonyl (C=O) groups excluding carboxylic acids is 2. The second-order valence-electron chi connectivity index (χ2n) is 9.51. The van der Waals surface area contributed by atoms with E-state index in [9.17, 15) is 9.59 Å². The Labute approximate surface area is 230 Å². The van der Waals surface area contributed by atoms with Crippen molar-refractivity contribution >= 4 is 11.8 Å². The number of methoxy groups -OCH3 is 1. The van der Waals surface area contributed by atoms with Crippen LogP contribution in [0.4, 0.5) is 0 Å². The van der Waals surface area contributed by atoms with Crippen molar-refractivity contribution in [2.75, 3.05) is 20.3 Å². The van der Waals surface area contributed by atoms with Crippen LogP contribution in [0, 0.1) is 0 Å². The number of ether oxygens (including phenoxy) is 2. The van der Waals surface area contributed by atoms with Crippen molar-refractivity contribution < 1.29 is 19.1 Å². The van der Waals surface area contributed by atoms with E-state index in [-0.39, 0.29) is 18.1 Å². The van der Waals surface area contributed by atoms with Crippen LogP contribution in [-0.4, -0.2) is 32.0 Å². The summed E-state index contributed by atoms with van der Waals surface area (Å²) in [4.78, 5) is 23.7. The summed E-state index contributed by atoms with van der Waals surface area (Å²) in [6.45, 7) is 3.42. The highest BCUT2D eigenvalue weighted by atomic mass is 16.5. The Morgan fingerprint density at radius 2 is 1.23 bits per heavy atom. The normalized spacial score (nSPS) is 12.1. The first-order valence-corrected chi connectivity index (χ1v) is 13.2. The number of benzene rings is 4. The molecule has 0 aliphatic heterocycles. The molecule has 39 heavy (non-hydrogen) atoms. The Bertz CT molecular complexity index is 1230. The zero-order valence-electron chi connectivity index (χ0n) is 22.5. The van der Waals surface area contributed by atoms with Gasteiger partial charge in [-0.15, -0.1) is 0 Å². The highest BCUT2D eigenvalue weighted by Gasteiger charge is 2.35. The third-order valence-corrected chi connectivity index (χ3v) is 7.03. The van der Waals surface area contributed by atoms with Gasteiger partial charge in [-0.3, -0.25) is 14.9 Å². The Morgan fingerprint density at radius 1 is 0.744 bits per heavy atom. The fourth-order valence-electron chi connectivity index (χ4n) is 4.83. The van der Waals surface area contributed by atoms with Crippen molar-refractivity contribution in [3.63, 3.8) is 0 Å². The van der Waals surface area contributed by atoms with Gasteiger partial charge in [0.1, 0.15) is 6.42 Å². The van der Waals surface area contributed by atoms with E-state index < -0.39 is 11.5 Å². The number of ketones is 1. The molecule has 4 aromatic rings. The van der Waals surface area contributed by atoms with E-state index in [0.29, 0.717) is 19.8 Å². The molecule has 0 heterocycles. The molecule has 200 valence electrons. The molecule has 0 bridgehead atoms. The Balaban J connectivity index is 1.42. The molecular formula is C34H35NO4. The Morgan fingerprint density at radius 3 is 1.69 bits per heavy atom. The summed E-state index contributed by atoms with van der Waals surface area (Å²) >= 11 is 0. The van der Waals surface area contributed by atoms with Crippen LogP contribution in [0.2, 0.25) is 0 Å². The zero-order chi connectivity index (χ0) is 27.5. The minimum Gasteiger partial charge on any atom is -0.469 e. The monoisotopic (exact) mass is 521 g/mol. The third kappa shape index (κ3) is 6.88. The molecule has 0 aliphatic rings. The Hall–Kier alpha value is -4.06. The number of esters is 1. The largest absolute Gasteiger partial charge is 0.469 e. The average molecular weight is 522 g/mol. The summed E-state index contributed by atoms with van der Waals surface area (Å²) in [5.41, 5.74) is 4.85. The smallest absolute Gasteiger partial charge is 0.313 e. The van der Waals surface area contributed by atoms with Crippen LogP contribution in [0.1, 0.15) is 47.1 Å². The molecule has 4 aromatic carbocycles. The second kappa shape index (κ2) is 13.7. The first kappa shape index (κ1) is 28.0. The van der Waals surface area contributed by atoms with E-state index in [2.05, 4.69) is 82.9 Å². The van der Waals surface area contributed by atoms with Gasteiger partial charge in [-0.25, -0.2) is 0 Å². The molecule has 5 heteroatoms. The number of carbonyl (C=O) groups is 2. The van der Waals surface area contributed by atoms with E-state index in [0.717, 1.165) is 27.8 Å². The lowest BCUT2D eigenvalue weighted by atomic mass is 9.77. The van der Waals surface area contributed by atoms with Gasteiger partial charge in [0.15, 0.2) is 5.78 Å². The predicted octanol–water partition coefficient (Wildman–Crippen LogP) is 6.02. The van der Waals surface area contributed by atoms with Gasteiger partial charge in [-0.1, -0.05) is 122 Å². The number of rotatable bonds is 13. The van der Waals surface area contributed by atoms with Gasteiger partial charge in [0.2, 0.25) is 0 Å². The van der Waals surface area contributed by atoms with E-state index in [1.165, 1.54) is 7.11 Å². The maximum absolute atomic E-state index is 12.3. The SMILES string of the molecule is COC(=O)CC(=O)C(C)c1ccc(COCCNC(c2ccccc2)(c2ccccc2)c2ccccc2)cc1. The minimum absolute atomic E-state index is 0.157. The zero-order valence-corrected chi connectivity index (χ0v) is 22.5. The molecule has 4 rings (SSSR count). The highest BCUT2D eigenvalue weighted by Crippen LogP contribution is 2.36. The van der Waals surface area contributed by atoms with E-state index in [1.54, 1.807) is 6.92 Å². The van der Waals surface area contributed by atoms with Crippen LogP contribution >= 0.6 is 0 Å². The fourth-order valence-corrected chi connectivity index (χ4v) is 4.83. The molecule has 0 spiro atoms. The molecule has 1 N–H and O–H groups in total. The number of nitrogens with one attached hydrogen (secondary N) is 1.